The van der Waals surface area contributed by atoms with Gasteiger partial charge in [-0.15, -0.1) is 0 Å². The lowest BCUT2D eigenvalue weighted by Crippen LogP contribution is -2.29. The summed E-state index contributed by atoms with van der Waals surface area (Å²) in [5.74, 6) is 4.27. The van der Waals surface area contributed by atoms with Gasteiger partial charge < -0.3 is 0 Å². The molecule has 1 aliphatic heterocycles. The van der Waals surface area contributed by atoms with E-state index < -0.39 is 0 Å². The van der Waals surface area contributed by atoms with Gasteiger partial charge in [0.1, 0.15) is 0 Å². The minimum absolute atomic E-state index is 0.176. The zero-order chi connectivity index (χ0) is 15.2. The molecule has 1 aliphatic rings. The van der Waals surface area contributed by atoms with E-state index in [1.165, 1.54) is 17.1 Å². The topological polar surface area (TPSA) is 92.5 Å². The summed E-state index contributed by atoms with van der Waals surface area (Å²) in [4.78, 5) is 35.1. The molecule has 3 amide bonds. The number of hydrazine groups is 1. The fourth-order valence-corrected chi connectivity index (χ4v) is 2.11. The van der Waals surface area contributed by atoms with Gasteiger partial charge in [-0.3, -0.25) is 24.7 Å². The van der Waals surface area contributed by atoms with E-state index in [1.807, 2.05) is 24.3 Å². The maximum atomic E-state index is 11.5. The fourth-order valence-electron chi connectivity index (χ4n) is 2.11. The molecule has 0 aliphatic carbocycles. The Kier molecular flexibility index (Phi) is 4.84. The largest absolute Gasteiger partial charge is 0.294 e. The number of rotatable bonds is 6. The molecule has 1 aromatic carbocycles. The Labute approximate surface area is 122 Å². The lowest BCUT2D eigenvalue weighted by Gasteiger charge is -2.13. The first-order chi connectivity index (χ1) is 10.1. The Balaban J connectivity index is 1.86. The Hall–Kier alpha value is -2.47. The van der Waals surface area contributed by atoms with E-state index in [1.54, 1.807) is 0 Å². The molecule has 110 valence electrons. The molecular formula is C15H17N3O3. The summed E-state index contributed by atoms with van der Waals surface area (Å²) in [6, 6.07) is 7.65. The average Bonchev–Trinajstić information content (AvgIpc) is 2.80. The second-order valence-electron chi connectivity index (χ2n) is 4.83. The molecule has 0 fully saturated rings. The van der Waals surface area contributed by atoms with Gasteiger partial charge in [0.2, 0.25) is 5.91 Å². The van der Waals surface area contributed by atoms with Crippen LogP contribution < -0.4 is 11.3 Å². The number of nitrogens with two attached hydrogens (primary N) is 1. The van der Waals surface area contributed by atoms with E-state index in [2.05, 4.69) is 5.43 Å². The number of imide groups is 1. The highest BCUT2D eigenvalue weighted by Crippen LogP contribution is 2.13. The monoisotopic (exact) mass is 287 g/mol. The molecule has 6 heteroatoms. The smallest absolute Gasteiger partial charge is 0.253 e. The number of hydrogen-bond acceptors (Lipinski definition) is 4. The van der Waals surface area contributed by atoms with Crippen molar-refractivity contribution in [1.29, 1.82) is 0 Å². The Morgan fingerprint density at radius 3 is 2.19 bits per heavy atom. The van der Waals surface area contributed by atoms with Gasteiger partial charge in [0, 0.05) is 18.6 Å². The van der Waals surface area contributed by atoms with E-state index in [9.17, 15) is 14.4 Å². The molecule has 0 unspecified atom stereocenters. The van der Waals surface area contributed by atoms with Crippen molar-refractivity contribution in [3.05, 3.63) is 47.5 Å². The number of aryl methyl sites for hydroxylation is 1. The molecule has 0 atom stereocenters. The molecule has 21 heavy (non-hydrogen) atoms. The van der Waals surface area contributed by atoms with Crippen molar-refractivity contribution in [2.45, 2.75) is 25.8 Å². The minimum Gasteiger partial charge on any atom is -0.294 e. The molecule has 3 N–H and O–H groups in total. The van der Waals surface area contributed by atoms with Crippen LogP contribution in [-0.4, -0.2) is 22.6 Å². The highest BCUT2D eigenvalue weighted by Gasteiger charge is 2.22. The molecule has 0 radical (unpaired) electrons. The fraction of sp³-hybridized carbons (Fsp3) is 0.267. The van der Waals surface area contributed by atoms with Crippen molar-refractivity contribution in [3.63, 3.8) is 0 Å². The number of nitrogens with zero attached hydrogens (tertiary/aromatic N) is 1. The van der Waals surface area contributed by atoms with Crippen molar-refractivity contribution >= 4 is 17.7 Å². The Bertz CT molecular complexity index is 560. The predicted molar refractivity (Wildman–Crippen MR) is 76.4 cm³/mol. The summed E-state index contributed by atoms with van der Waals surface area (Å²) in [5.41, 5.74) is 4.09. The first-order valence-corrected chi connectivity index (χ1v) is 6.71. The van der Waals surface area contributed by atoms with Gasteiger partial charge >= 0.3 is 0 Å². The van der Waals surface area contributed by atoms with E-state index in [0.717, 1.165) is 24.0 Å². The number of nitrogens with one attached hydrogen (secondary N) is 1. The van der Waals surface area contributed by atoms with Gasteiger partial charge in [-0.1, -0.05) is 24.3 Å². The van der Waals surface area contributed by atoms with Crippen LogP contribution in [0.15, 0.2) is 36.4 Å². The van der Waals surface area contributed by atoms with E-state index in [4.69, 9.17) is 5.84 Å². The lowest BCUT2D eigenvalue weighted by atomic mass is 10.1. The summed E-state index contributed by atoms with van der Waals surface area (Å²) < 4.78 is 0. The predicted octanol–water partition coefficient (Wildman–Crippen LogP) is 0.424. The number of amides is 3. The van der Waals surface area contributed by atoms with Crippen molar-refractivity contribution < 1.29 is 14.4 Å². The van der Waals surface area contributed by atoms with Crippen molar-refractivity contribution in [1.82, 2.24) is 10.3 Å². The SMILES string of the molecule is NNC(=O)CCCc1ccc(CN2C(=O)C=CC2=O)cc1. The third-order valence-corrected chi connectivity index (χ3v) is 3.29. The summed E-state index contributed by atoms with van der Waals surface area (Å²) in [6.07, 6.45) is 4.44. The lowest BCUT2D eigenvalue weighted by molar-refractivity contribution is -0.137. The molecule has 2 rings (SSSR count). The molecule has 0 saturated carbocycles. The van der Waals surface area contributed by atoms with E-state index in [0.29, 0.717) is 6.42 Å². The van der Waals surface area contributed by atoms with E-state index in [-0.39, 0.29) is 24.3 Å². The molecule has 0 bridgehead atoms. The highest BCUT2D eigenvalue weighted by molar-refractivity contribution is 6.12. The number of hydrogen-bond donors (Lipinski definition) is 2. The molecule has 0 aromatic heterocycles. The van der Waals surface area contributed by atoms with Gasteiger partial charge in [0.05, 0.1) is 6.54 Å². The van der Waals surface area contributed by atoms with Crippen LogP contribution in [0, 0.1) is 0 Å². The maximum absolute atomic E-state index is 11.5. The first kappa shape index (κ1) is 14.9. The molecule has 1 aromatic rings. The zero-order valence-corrected chi connectivity index (χ0v) is 11.5. The van der Waals surface area contributed by atoms with Crippen LogP contribution in [0.2, 0.25) is 0 Å². The summed E-state index contributed by atoms with van der Waals surface area (Å²) >= 11 is 0. The Morgan fingerprint density at radius 1 is 1.05 bits per heavy atom. The Morgan fingerprint density at radius 2 is 1.62 bits per heavy atom. The molecule has 0 saturated heterocycles. The van der Waals surface area contributed by atoms with Crippen LogP contribution in [0.5, 0.6) is 0 Å². The van der Waals surface area contributed by atoms with Gasteiger partial charge in [-0.25, -0.2) is 5.84 Å². The number of carbonyl (C=O) groups is 3. The van der Waals surface area contributed by atoms with Crippen molar-refractivity contribution in [2.75, 3.05) is 0 Å². The van der Waals surface area contributed by atoms with Crippen LogP contribution in [0.3, 0.4) is 0 Å². The van der Waals surface area contributed by atoms with Crippen LogP contribution in [0.25, 0.3) is 0 Å². The standard InChI is InChI=1S/C15H17N3O3/c16-17-13(19)3-1-2-11-4-6-12(7-5-11)10-18-14(20)8-9-15(18)21/h4-9H,1-3,10,16H2,(H,17,19). The maximum Gasteiger partial charge on any atom is 0.253 e. The van der Waals surface area contributed by atoms with Gasteiger partial charge in [0.25, 0.3) is 11.8 Å². The second-order valence-corrected chi connectivity index (χ2v) is 4.83. The summed E-state index contributed by atoms with van der Waals surface area (Å²) in [5, 5.41) is 0. The van der Waals surface area contributed by atoms with Crippen LogP contribution >= 0.6 is 0 Å². The third-order valence-electron chi connectivity index (χ3n) is 3.29. The first-order valence-electron chi connectivity index (χ1n) is 6.71. The normalized spacial score (nSPS) is 13.9. The number of benzene rings is 1. The molecular weight excluding hydrogens is 270 g/mol. The minimum atomic E-state index is -0.281. The number of carbonyl (C=O) groups excluding carboxylic acids is 3. The van der Waals surface area contributed by atoms with Crippen LogP contribution in [0.4, 0.5) is 0 Å². The van der Waals surface area contributed by atoms with Crippen LogP contribution in [-0.2, 0) is 27.3 Å². The van der Waals surface area contributed by atoms with Crippen LogP contribution in [0.1, 0.15) is 24.0 Å². The van der Waals surface area contributed by atoms with Crippen molar-refractivity contribution in [3.8, 4) is 0 Å². The van der Waals surface area contributed by atoms with Gasteiger partial charge in [-0.05, 0) is 24.0 Å². The summed E-state index contributed by atoms with van der Waals surface area (Å²) in [7, 11) is 0. The highest BCUT2D eigenvalue weighted by atomic mass is 16.2. The van der Waals surface area contributed by atoms with Gasteiger partial charge in [-0.2, -0.15) is 0 Å². The van der Waals surface area contributed by atoms with Gasteiger partial charge in [0.15, 0.2) is 0 Å². The molecule has 1 heterocycles. The molecule has 0 spiro atoms. The van der Waals surface area contributed by atoms with Crippen molar-refractivity contribution in [2.24, 2.45) is 5.84 Å². The zero-order valence-electron chi connectivity index (χ0n) is 11.5. The summed E-state index contributed by atoms with van der Waals surface area (Å²) in [6.45, 7) is 0.278. The molecule has 6 nitrogen and oxygen atoms in total. The second kappa shape index (κ2) is 6.81. The quantitative estimate of drug-likeness (QED) is 0.343. The van der Waals surface area contributed by atoms with E-state index >= 15 is 0 Å². The average molecular weight is 287 g/mol. The third kappa shape index (κ3) is 4.00.